The average Bonchev–Trinajstić information content (AvgIpc) is 2.92. The zero-order chi connectivity index (χ0) is 13.8. The van der Waals surface area contributed by atoms with Crippen molar-refractivity contribution >= 4 is 11.9 Å². The molecule has 1 saturated carbocycles. The van der Waals surface area contributed by atoms with E-state index in [4.69, 9.17) is 5.11 Å². The van der Waals surface area contributed by atoms with Crippen LogP contribution in [0.2, 0.25) is 0 Å². The highest BCUT2D eigenvalue weighted by atomic mass is 16.4. The van der Waals surface area contributed by atoms with E-state index >= 15 is 0 Å². The lowest BCUT2D eigenvalue weighted by atomic mass is 9.99. The van der Waals surface area contributed by atoms with Crippen LogP contribution in [0.5, 0.6) is 0 Å². The fourth-order valence-electron chi connectivity index (χ4n) is 2.52. The summed E-state index contributed by atoms with van der Waals surface area (Å²) in [5, 5.41) is 11.7. The molecule has 0 radical (unpaired) electrons. The summed E-state index contributed by atoms with van der Waals surface area (Å²) in [4.78, 5) is 26.4. The van der Waals surface area contributed by atoms with Crippen molar-refractivity contribution in [3.63, 3.8) is 0 Å². The molecule has 1 aromatic heterocycles. The second-order valence-corrected chi connectivity index (χ2v) is 5.04. The highest BCUT2D eigenvalue weighted by molar-refractivity contribution is 5.95. The average molecular weight is 262 g/mol. The largest absolute Gasteiger partial charge is 0.477 e. The van der Waals surface area contributed by atoms with Crippen LogP contribution in [0.1, 0.15) is 53.5 Å². The second kappa shape index (κ2) is 5.82. The molecule has 2 N–H and O–H groups in total. The third kappa shape index (κ3) is 3.30. The second-order valence-electron chi connectivity index (χ2n) is 5.04. The van der Waals surface area contributed by atoms with Gasteiger partial charge in [-0.2, -0.15) is 0 Å². The number of hydrogen-bond donors (Lipinski definition) is 2. The molecule has 0 bridgehead atoms. The number of amides is 1. The molecular formula is C14H18N2O3. The summed E-state index contributed by atoms with van der Waals surface area (Å²) >= 11 is 0. The Morgan fingerprint density at radius 3 is 2.58 bits per heavy atom. The molecule has 5 nitrogen and oxygen atoms in total. The normalized spacial score (nSPS) is 17.1. The maximum absolute atomic E-state index is 12.0. The summed E-state index contributed by atoms with van der Waals surface area (Å²) in [5.74, 6) is -0.731. The van der Waals surface area contributed by atoms with Gasteiger partial charge >= 0.3 is 5.97 Å². The van der Waals surface area contributed by atoms with Gasteiger partial charge in [0.1, 0.15) is 5.69 Å². The van der Waals surface area contributed by atoms with Gasteiger partial charge in [0.2, 0.25) is 0 Å². The molecule has 1 aliphatic carbocycles. The van der Waals surface area contributed by atoms with E-state index in [1.807, 2.05) is 6.92 Å². The topological polar surface area (TPSA) is 79.3 Å². The van der Waals surface area contributed by atoms with Crippen LogP contribution in [-0.2, 0) is 0 Å². The van der Waals surface area contributed by atoms with Gasteiger partial charge in [0.15, 0.2) is 0 Å². The summed E-state index contributed by atoms with van der Waals surface area (Å²) in [6.45, 7) is 2.02. The van der Waals surface area contributed by atoms with Gasteiger partial charge in [-0.3, -0.25) is 4.79 Å². The van der Waals surface area contributed by atoms with Gasteiger partial charge in [-0.1, -0.05) is 12.8 Å². The van der Waals surface area contributed by atoms with Gasteiger partial charge in [-0.15, -0.1) is 0 Å². The van der Waals surface area contributed by atoms with Gasteiger partial charge in [0, 0.05) is 12.2 Å². The van der Waals surface area contributed by atoms with Gasteiger partial charge in [-0.05, 0) is 37.8 Å². The third-order valence-electron chi connectivity index (χ3n) is 3.71. The molecular weight excluding hydrogens is 244 g/mol. The Morgan fingerprint density at radius 1 is 1.37 bits per heavy atom. The molecule has 1 atom stereocenters. The van der Waals surface area contributed by atoms with E-state index in [2.05, 4.69) is 10.3 Å². The monoisotopic (exact) mass is 262 g/mol. The number of nitrogens with zero attached hydrogens (tertiary/aromatic N) is 1. The van der Waals surface area contributed by atoms with Crippen molar-refractivity contribution in [2.75, 3.05) is 0 Å². The SMILES string of the molecule is CC(NC(=O)c1ccc(C(=O)O)nc1)C1CCCC1. The summed E-state index contributed by atoms with van der Waals surface area (Å²) in [7, 11) is 0. The Hall–Kier alpha value is -1.91. The number of rotatable bonds is 4. The Balaban J connectivity index is 1.97. The number of aromatic nitrogens is 1. The van der Waals surface area contributed by atoms with Gasteiger partial charge in [0.25, 0.3) is 5.91 Å². The van der Waals surface area contributed by atoms with Crippen molar-refractivity contribution in [3.05, 3.63) is 29.6 Å². The maximum atomic E-state index is 12.0. The number of hydrogen-bond acceptors (Lipinski definition) is 3. The Labute approximate surface area is 112 Å². The lowest BCUT2D eigenvalue weighted by Gasteiger charge is -2.20. The fraction of sp³-hybridized carbons (Fsp3) is 0.500. The standard InChI is InChI=1S/C14H18N2O3/c1-9(10-4-2-3-5-10)16-13(17)11-6-7-12(14(18)19)15-8-11/h6-10H,2-5H2,1H3,(H,16,17)(H,18,19). The van der Waals surface area contributed by atoms with Crippen molar-refractivity contribution in [2.24, 2.45) is 5.92 Å². The number of aromatic carboxylic acids is 1. The van der Waals surface area contributed by atoms with Crippen LogP contribution in [0.4, 0.5) is 0 Å². The highest BCUT2D eigenvalue weighted by Crippen LogP contribution is 2.27. The first-order valence-corrected chi connectivity index (χ1v) is 6.58. The molecule has 1 amide bonds. The van der Waals surface area contributed by atoms with Crippen molar-refractivity contribution in [2.45, 2.75) is 38.6 Å². The molecule has 1 aromatic rings. The van der Waals surface area contributed by atoms with Gasteiger partial charge in [-0.25, -0.2) is 9.78 Å². The third-order valence-corrected chi connectivity index (χ3v) is 3.71. The van der Waals surface area contributed by atoms with Gasteiger partial charge < -0.3 is 10.4 Å². The molecule has 102 valence electrons. The van der Waals surface area contributed by atoms with Crippen LogP contribution in [0.3, 0.4) is 0 Å². The van der Waals surface area contributed by atoms with E-state index in [9.17, 15) is 9.59 Å². The van der Waals surface area contributed by atoms with Crippen LogP contribution in [0.15, 0.2) is 18.3 Å². The van der Waals surface area contributed by atoms with Crippen molar-refractivity contribution in [3.8, 4) is 0 Å². The maximum Gasteiger partial charge on any atom is 0.354 e. The fourth-order valence-corrected chi connectivity index (χ4v) is 2.52. The number of carboxylic acids is 1. The molecule has 0 saturated heterocycles. The number of carbonyl (C=O) groups is 2. The minimum absolute atomic E-state index is 0.0552. The first kappa shape index (κ1) is 13.5. The molecule has 1 heterocycles. The minimum Gasteiger partial charge on any atom is -0.477 e. The molecule has 1 unspecified atom stereocenters. The quantitative estimate of drug-likeness (QED) is 0.870. The summed E-state index contributed by atoms with van der Waals surface area (Å²) < 4.78 is 0. The first-order valence-electron chi connectivity index (χ1n) is 6.58. The highest BCUT2D eigenvalue weighted by Gasteiger charge is 2.23. The zero-order valence-electron chi connectivity index (χ0n) is 10.9. The Bertz CT molecular complexity index is 464. The lowest BCUT2D eigenvalue weighted by Crippen LogP contribution is -2.37. The van der Waals surface area contributed by atoms with E-state index < -0.39 is 5.97 Å². The molecule has 0 spiro atoms. The molecule has 19 heavy (non-hydrogen) atoms. The van der Waals surface area contributed by atoms with Crippen molar-refractivity contribution in [1.82, 2.24) is 10.3 Å². The molecule has 1 fully saturated rings. The van der Waals surface area contributed by atoms with Crippen LogP contribution in [0, 0.1) is 5.92 Å². The predicted molar refractivity (Wildman–Crippen MR) is 70.1 cm³/mol. The predicted octanol–water partition coefficient (Wildman–Crippen LogP) is 2.09. The minimum atomic E-state index is -1.09. The molecule has 2 rings (SSSR count). The number of nitrogens with one attached hydrogen (secondary N) is 1. The summed E-state index contributed by atoms with van der Waals surface area (Å²) in [6, 6.07) is 2.99. The van der Waals surface area contributed by atoms with E-state index in [1.165, 1.54) is 31.2 Å². The number of carboxylic acid groups (broad SMARTS) is 1. The smallest absolute Gasteiger partial charge is 0.354 e. The van der Waals surface area contributed by atoms with Crippen LogP contribution >= 0.6 is 0 Å². The van der Waals surface area contributed by atoms with Crippen molar-refractivity contribution < 1.29 is 14.7 Å². The first-order chi connectivity index (χ1) is 9.08. The van der Waals surface area contributed by atoms with Crippen LogP contribution < -0.4 is 5.32 Å². The van der Waals surface area contributed by atoms with E-state index in [-0.39, 0.29) is 17.6 Å². The van der Waals surface area contributed by atoms with E-state index in [1.54, 1.807) is 0 Å². The Kier molecular flexibility index (Phi) is 4.14. The lowest BCUT2D eigenvalue weighted by molar-refractivity contribution is 0.0689. The van der Waals surface area contributed by atoms with Gasteiger partial charge in [0.05, 0.1) is 5.56 Å². The summed E-state index contributed by atoms with van der Waals surface area (Å²) in [6.07, 6.45) is 6.11. The number of pyridine rings is 1. The van der Waals surface area contributed by atoms with Crippen LogP contribution in [0.25, 0.3) is 0 Å². The Morgan fingerprint density at radius 2 is 2.05 bits per heavy atom. The molecule has 0 aromatic carbocycles. The number of carbonyl (C=O) groups excluding carboxylic acids is 1. The zero-order valence-corrected chi connectivity index (χ0v) is 10.9. The van der Waals surface area contributed by atoms with Crippen LogP contribution in [-0.4, -0.2) is 28.0 Å². The van der Waals surface area contributed by atoms with Crippen molar-refractivity contribution in [1.29, 1.82) is 0 Å². The molecule has 5 heteroatoms. The van der Waals surface area contributed by atoms with E-state index in [0.717, 1.165) is 12.8 Å². The molecule has 1 aliphatic rings. The molecule has 0 aliphatic heterocycles. The summed E-state index contributed by atoms with van der Waals surface area (Å²) in [5.41, 5.74) is 0.343. The van der Waals surface area contributed by atoms with E-state index in [0.29, 0.717) is 11.5 Å².